The summed E-state index contributed by atoms with van der Waals surface area (Å²) in [6, 6.07) is -0.728. The minimum Gasteiger partial charge on any atom is -0.380 e. The Kier molecular flexibility index (Phi) is 3.63. The van der Waals surface area contributed by atoms with E-state index in [9.17, 15) is 19.5 Å². The SMILES string of the molecule is O=C1CCC(NC(=O)C2(O)CCNCC2)C(=O)N1. The van der Waals surface area contributed by atoms with Crippen LogP contribution in [-0.2, 0) is 14.4 Å². The first-order valence-electron chi connectivity index (χ1n) is 6.09. The predicted octanol–water partition coefficient (Wildman–Crippen LogP) is -1.98. The lowest BCUT2D eigenvalue weighted by molar-refractivity contribution is -0.146. The van der Waals surface area contributed by atoms with E-state index in [2.05, 4.69) is 16.0 Å². The van der Waals surface area contributed by atoms with Crippen LogP contribution >= 0.6 is 0 Å². The van der Waals surface area contributed by atoms with Crippen molar-refractivity contribution in [3.05, 3.63) is 0 Å². The van der Waals surface area contributed by atoms with Crippen LogP contribution in [-0.4, -0.2) is 47.6 Å². The maximum Gasteiger partial charge on any atom is 0.252 e. The number of aliphatic hydroxyl groups is 1. The van der Waals surface area contributed by atoms with Gasteiger partial charge in [-0.05, 0) is 32.4 Å². The summed E-state index contributed by atoms with van der Waals surface area (Å²) >= 11 is 0. The molecule has 0 aliphatic carbocycles. The second-order valence-electron chi connectivity index (χ2n) is 4.76. The van der Waals surface area contributed by atoms with Gasteiger partial charge in [-0.15, -0.1) is 0 Å². The molecule has 100 valence electrons. The van der Waals surface area contributed by atoms with Gasteiger partial charge in [-0.2, -0.15) is 0 Å². The molecule has 2 fully saturated rings. The molecule has 2 heterocycles. The molecule has 3 amide bonds. The van der Waals surface area contributed by atoms with E-state index in [4.69, 9.17) is 0 Å². The lowest BCUT2D eigenvalue weighted by atomic mass is 9.91. The molecule has 0 aromatic carbocycles. The van der Waals surface area contributed by atoms with Crippen LogP contribution in [0.4, 0.5) is 0 Å². The maximum absolute atomic E-state index is 12.0. The monoisotopic (exact) mass is 255 g/mol. The van der Waals surface area contributed by atoms with Crippen molar-refractivity contribution in [3.63, 3.8) is 0 Å². The van der Waals surface area contributed by atoms with Crippen molar-refractivity contribution >= 4 is 17.7 Å². The van der Waals surface area contributed by atoms with Gasteiger partial charge in [0, 0.05) is 6.42 Å². The molecule has 7 nitrogen and oxygen atoms in total. The van der Waals surface area contributed by atoms with Gasteiger partial charge in [0.1, 0.15) is 11.6 Å². The number of imide groups is 1. The number of hydrogen-bond acceptors (Lipinski definition) is 5. The Morgan fingerprint density at radius 2 is 2.00 bits per heavy atom. The van der Waals surface area contributed by atoms with E-state index >= 15 is 0 Å². The number of nitrogens with one attached hydrogen (secondary N) is 3. The molecule has 2 saturated heterocycles. The van der Waals surface area contributed by atoms with Crippen LogP contribution in [0.25, 0.3) is 0 Å². The average molecular weight is 255 g/mol. The van der Waals surface area contributed by atoms with Crippen LogP contribution in [0.2, 0.25) is 0 Å². The largest absolute Gasteiger partial charge is 0.380 e. The van der Waals surface area contributed by atoms with Gasteiger partial charge in [-0.3, -0.25) is 19.7 Å². The van der Waals surface area contributed by atoms with Gasteiger partial charge < -0.3 is 15.7 Å². The van der Waals surface area contributed by atoms with Gasteiger partial charge in [0.15, 0.2) is 0 Å². The molecule has 0 radical (unpaired) electrons. The molecular formula is C11H17N3O4. The van der Waals surface area contributed by atoms with E-state index in [-0.39, 0.29) is 18.7 Å². The van der Waals surface area contributed by atoms with E-state index in [1.54, 1.807) is 0 Å². The van der Waals surface area contributed by atoms with Crippen molar-refractivity contribution in [1.82, 2.24) is 16.0 Å². The molecule has 0 aromatic rings. The second-order valence-corrected chi connectivity index (χ2v) is 4.76. The molecule has 1 atom stereocenters. The lowest BCUT2D eigenvalue weighted by Crippen LogP contribution is -2.59. The van der Waals surface area contributed by atoms with Crippen molar-refractivity contribution in [2.24, 2.45) is 0 Å². The summed E-state index contributed by atoms with van der Waals surface area (Å²) in [4.78, 5) is 34.4. The molecule has 7 heteroatoms. The Morgan fingerprint density at radius 3 is 2.61 bits per heavy atom. The standard InChI is InChI=1S/C11H17N3O4/c15-8-2-1-7(9(16)14-8)13-10(17)11(18)3-5-12-6-4-11/h7,12,18H,1-6H2,(H,13,17)(H,14,15,16). The van der Waals surface area contributed by atoms with E-state index in [0.717, 1.165) is 0 Å². The fourth-order valence-corrected chi connectivity index (χ4v) is 2.19. The van der Waals surface area contributed by atoms with Gasteiger partial charge in [-0.25, -0.2) is 0 Å². The zero-order valence-corrected chi connectivity index (χ0v) is 9.99. The number of hydrogen-bond donors (Lipinski definition) is 4. The van der Waals surface area contributed by atoms with Crippen molar-refractivity contribution in [2.75, 3.05) is 13.1 Å². The van der Waals surface area contributed by atoms with E-state index in [1.165, 1.54) is 0 Å². The minimum atomic E-state index is -1.41. The minimum absolute atomic E-state index is 0.205. The Hall–Kier alpha value is -1.47. The average Bonchev–Trinajstić information content (AvgIpc) is 2.33. The molecule has 0 aromatic heterocycles. The summed E-state index contributed by atoms with van der Waals surface area (Å²) in [7, 11) is 0. The molecule has 2 aliphatic rings. The fraction of sp³-hybridized carbons (Fsp3) is 0.727. The Bertz CT molecular complexity index is 376. The molecular weight excluding hydrogens is 238 g/mol. The van der Waals surface area contributed by atoms with Crippen LogP contribution in [0, 0.1) is 0 Å². The summed E-state index contributed by atoms with van der Waals surface area (Å²) in [5.41, 5.74) is -1.41. The summed E-state index contributed by atoms with van der Waals surface area (Å²) in [6.45, 7) is 1.14. The summed E-state index contributed by atoms with van der Waals surface area (Å²) in [6.07, 6.45) is 1.14. The normalized spacial score (nSPS) is 27.5. The molecule has 4 N–H and O–H groups in total. The summed E-state index contributed by atoms with van der Waals surface area (Å²) in [5, 5.41) is 17.9. The van der Waals surface area contributed by atoms with Crippen molar-refractivity contribution in [2.45, 2.75) is 37.3 Å². The molecule has 0 spiro atoms. The van der Waals surface area contributed by atoms with Crippen LogP contribution in [0.5, 0.6) is 0 Å². The molecule has 0 saturated carbocycles. The zero-order valence-electron chi connectivity index (χ0n) is 9.99. The Balaban J connectivity index is 1.94. The van der Waals surface area contributed by atoms with Gasteiger partial charge >= 0.3 is 0 Å². The first kappa shape index (κ1) is 13.0. The van der Waals surface area contributed by atoms with Crippen molar-refractivity contribution < 1.29 is 19.5 Å². The van der Waals surface area contributed by atoms with Gasteiger partial charge in [0.25, 0.3) is 5.91 Å². The number of carbonyl (C=O) groups is 3. The van der Waals surface area contributed by atoms with Gasteiger partial charge in [0.05, 0.1) is 0 Å². The highest BCUT2D eigenvalue weighted by molar-refractivity contribution is 6.02. The predicted molar refractivity (Wildman–Crippen MR) is 61.4 cm³/mol. The third kappa shape index (κ3) is 2.68. The van der Waals surface area contributed by atoms with Crippen LogP contribution in [0.1, 0.15) is 25.7 Å². The van der Waals surface area contributed by atoms with Gasteiger partial charge in [0.2, 0.25) is 11.8 Å². The smallest absolute Gasteiger partial charge is 0.252 e. The highest BCUT2D eigenvalue weighted by atomic mass is 16.3. The summed E-state index contributed by atoms with van der Waals surface area (Å²) < 4.78 is 0. The van der Waals surface area contributed by atoms with E-state index in [1.807, 2.05) is 0 Å². The zero-order chi connectivity index (χ0) is 13.2. The summed E-state index contributed by atoms with van der Waals surface area (Å²) in [5.74, 6) is -1.36. The van der Waals surface area contributed by atoms with Crippen molar-refractivity contribution in [3.8, 4) is 0 Å². The third-order valence-corrected chi connectivity index (χ3v) is 3.40. The lowest BCUT2D eigenvalue weighted by Gasteiger charge is -2.33. The van der Waals surface area contributed by atoms with Crippen LogP contribution in [0.3, 0.4) is 0 Å². The quantitative estimate of drug-likeness (QED) is 0.428. The van der Waals surface area contributed by atoms with E-state index in [0.29, 0.717) is 25.9 Å². The first-order chi connectivity index (χ1) is 8.51. The van der Waals surface area contributed by atoms with Gasteiger partial charge in [-0.1, -0.05) is 0 Å². The topological polar surface area (TPSA) is 108 Å². The van der Waals surface area contributed by atoms with Crippen LogP contribution in [0.15, 0.2) is 0 Å². The molecule has 0 bridgehead atoms. The Morgan fingerprint density at radius 1 is 1.33 bits per heavy atom. The molecule has 1 unspecified atom stereocenters. The first-order valence-corrected chi connectivity index (χ1v) is 6.09. The Labute approximate surface area is 104 Å². The van der Waals surface area contributed by atoms with Crippen molar-refractivity contribution in [1.29, 1.82) is 0 Å². The van der Waals surface area contributed by atoms with E-state index < -0.39 is 23.5 Å². The van der Waals surface area contributed by atoms with Crippen LogP contribution < -0.4 is 16.0 Å². The number of carbonyl (C=O) groups excluding carboxylic acids is 3. The number of rotatable bonds is 2. The molecule has 2 aliphatic heterocycles. The highest BCUT2D eigenvalue weighted by Crippen LogP contribution is 2.18. The second kappa shape index (κ2) is 5.03. The highest BCUT2D eigenvalue weighted by Gasteiger charge is 2.39. The fourth-order valence-electron chi connectivity index (χ4n) is 2.19. The number of piperidine rings is 2. The number of amides is 3. The maximum atomic E-state index is 12.0. The molecule has 18 heavy (non-hydrogen) atoms. The molecule has 2 rings (SSSR count). The third-order valence-electron chi connectivity index (χ3n) is 3.40.